The van der Waals surface area contributed by atoms with Crippen LogP contribution in [0.4, 0.5) is 22.9 Å². The van der Waals surface area contributed by atoms with E-state index in [1.165, 1.54) is 12.1 Å². The largest absolute Gasteiger partial charge is 0.378 e. The zero-order valence-electron chi connectivity index (χ0n) is 12.1. The summed E-state index contributed by atoms with van der Waals surface area (Å²) in [5.74, 6) is 0.507. The maximum absolute atomic E-state index is 10.9. The fourth-order valence-electron chi connectivity index (χ4n) is 2.32. The van der Waals surface area contributed by atoms with Crippen molar-refractivity contribution in [3.63, 3.8) is 0 Å². The van der Waals surface area contributed by atoms with E-state index in [1.54, 1.807) is 18.3 Å². The molecule has 0 radical (unpaired) electrons. The van der Waals surface area contributed by atoms with Crippen LogP contribution in [0.15, 0.2) is 30.5 Å². The summed E-state index contributed by atoms with van der Waals surface area (Å²) in [5.41, 5.74) is 1.34. The van der Waals surface area contributed by atoms with Crippen LogP contribution in [0.5, 0.6) is 0 Å². The van der Waals surface area contributed by atoms with E-state index in [2.05, 4.69) is 20.2 Å². The van der Waals surface area contributed by atoms with E-state index in [0.29, 0.717) is 37.8 Å². The highest BCUT2D eigenvalue weighted by molar-refractivity contribution is 6.28. The van der Waals surface area contributed by atoms with Crippen LogP contribution in [0.1, 0.15) is 0 Å². The monoisotopic (exact) mass is 335 g/mol. The van der Waals surface area contributed by atoms with E-state index >= 15 is 0 Å². The fraction of sp³-hybridized carbons (Fsp3) is 0.286. The number of nitro benzene ring substituents is 1. The van der Waals surface area contributed by atoms with Gasteiger partial charge in [0.15, 0.2) is 5.82 Å². The van der Waals surface area contributed by atoms with Crippen molar-refractivity contribution in [2.75, 3.05) is 36.5 Å². The van der Waals surface area contributed by atoms with Gasteiger partial charge in [-0.3, -0.25) is 10.1 Å². The van der Waals surface area contributed by atoms with Crippen molar-refractivity contribution >= 4 is 34.5 Å². The van der Waals surface area contributed by atoms with Gasteiger partial charge in [0.25, 0.3) is 5.69 Å². The van der Waals surface area contributed by atoms with Crippen LogP contribution in [0.2, 0.25) is 5.28 Å². The van der Waals surface area contributed by atoms with Gasteiger partial charge in [0.1, 0.15) is 0 Å². The van der Waals surface area contributed by atoms with Gasteiger partial charge in [-0.15, -0.1) is 0 Å². The molecule has 1 aliphatic heterocycles. The number of ether oxygens (including phenoxy) is 1. The van der Waals surface area contributed by atoms with Crippen LogP contribution in [-0.2, 0) is 4.74 Å². The molecule has 0 atom stereocenters. The molecule has 0 spiro atoms. The highest BCUT2D eigenvalue weighted by atomic mass is 35.5. The quantitative estimate of drug-likeness (QED) is 0.521. The second kappa shape index (κ2) is 6.76. The number of hydrogen-bond acceptors (Lipinski definition) is 7. The molecule has 120 valence electrons. The summed E-state index contributed by atoms with van der Waals surface area (Å²) < 4.78 is 5.34. The molecule has 23 heavy (non-hydrogen) atoms. The molecule has 3 rings (SSSR count). The van der Waals surface area contributed by atoms with E-state index < -0.39 is 4.92 Å². The Hall–Kier alpha value is -2.45. The number of anilines is 3. The summed E-state index contributed by atoms with van der Waals surface area (Å²) in [4.78, 5) is 20.8. The topological polar surface area (TPSA) is 93.4 Å². The van der Waals surface area contributed by atoms with E-state index in [9.17, 15) is 10.1 Å². The lowest BCUT2D eigenvalue weighted by atomic mass is 10.2. The maximum Gasteiger partial charge on any atom is 0.271 e. The van der Waals surface area contributed by atoms with E-state index in [1.807, 2.05) is 0 Å². The first-order valence-corrected chi connectivity index (χ1v) is 7.38. The molecular formula is C14H14ClN5O3. The highest BCUT2D eigenvalue weighted by Gasteiger charge is 2.17. The van der Waals surface area contributed by atoms with Crippen molar-refractivity contribution in [1.82, 2.24) is 9.97 Å². The number of rotatable bonds is 4. The lowest BCUT2D eigenvalue weighted by molar-refractivity contribution is -0.384. The average molecular weight is 336 g/mol. The molecule has 0 amide bonds. The zero-order chi connectivity index (χ0) is 16.2. The minimum atomic E-state index is -0.443. The molecule has 1 fully saturated rings. The Morgan fingerprint density at radius 2 is 2.13 bits per heavy atom. The Labute approximate surface area is 137 Å². The summed E-state index contributed by atoms with van der Waals surface area (Å²) in [7, 11) is 0. The fourth-order valence-corrected chi connectivity index (χ4v) is 2.45. The van der Waals surface area contributed by atoms with Crippen molar-refractivity contribution in [1.29, 1.82) is 0 Å². The summed E-state index contributed by atoms with van der Waals surface area (Å²) in [6, 6.07) is 6.21. The average Bonchev–Trinajstić information content (AvgIpc) is 2.56. The van der Waals surface area contributed by atoms with Gasteiger partial charge in [-0.05, 0) is 17.7 Å². The van der Waals surface area contributed by atoms with Crippen molar-refractivity contribution in [2.45, 2.75) is 0 Å². The van der Waals surface area contributed by atoms with Crippen molar-refractivity contribution < 1.29 is 9.66 Å². The summed E-state index contributed by atoms with van der Waals surface area (Å²) >= 11 is 5.89. The summed E-state index contributed by atoms with van der Waals surface area (Å²) in [6.07, 6.45) is 1.64. The Morgan fingerprint density at radius 3 is 2.87 bits per heavy atom. The van der Waals surface area contributed by atoms with Crippen LogP contribution in [0.25, 0.3) is 0 Å². The maximum atomic E-state index is 10.9. The number of nitrogens with one attached hydrogen (secondary N) is 1. The molecule has 9 heteroatoms. The molecule has 8 nitrogen and oxygen atoms in total. The first-order chi connectivity index (χ1) is 11.1. The van der Waals surface area contributed by atoms with Gasteiger partial charge in [-0.2, -0.15) is 4.98 Å². The lowest BCUT2D eigenvalue weighted by Gasteiger charge is -2.29. The minimum absolute atomic E-state index is 0.00285. The van der Waals surface area contributed by atoms with Gasteiger partial charge in [-0.1, -0.05) is 6.07 Å². The normalized spacial score (nSPS) is 14.6. The molecule has 0 aliphatic carbocycles. The van der Waals surface area contributed by atoms with E-state index in [0.717, 1.165) is 5.69 Å². The van der Waals surface area contributed by atoms with E-state index in [-0.39, 0.29) is 11.0 Å². The molecule has 1 aromatic carbocycles. The number of aromatic nitrogens is 2. The molecule has 0 bridgehead atoms. The highest BCUT2D eigenvalue weighted by Crippen LogP contribution is 2.29. The van der Waals surface area contributed by atoms with Crippen molar-refractivity contribution in [2.24, 2.45) is 0 Å². The second-order valence-electron chi connectivity index (χ2n) is 4.90. The number of nitro groups is 1. The molecule has 1 aliphatic rings. The number of morpholine rings is 1. The molecule has 1 saturated heterocycles. The number of benzene rings is 1. The van der Waals surface area contributed by atoms with Gasteiger partial charge in [0.2, 0.25) is 5.28 Å². The van der Waals surface area contributed by atoms with Crippen LogP contribution in [0.3, 0.4) is 0 Å². The number of non-ortho nitro benzene ring substituents is 1. The smallest absolute Gasteiger partial charge is 0.271 e. The standard InChI is InChI=1S/C14H14ClN5O3/c15-14-16-9-12(19-4-6-23-7-5-19)13(18-14)17-10-2-1-3-11(8-10)20(21)22/h1-3,8-9H,4-7H2,(H,16,17,18). The number of halogens is 1. The second-order valence-corrected chi connectivity index (χ2v) is 5.24. The SMILES string of the molecule is O=[N+]([O-])c1cccc(Nc2nc(Cl)ncc2N2CCOCC2)c1. The molecule has 1 aromatic heterocycles. The Bertz CT molecular complexity index is 721. The van der Waals surface area contributed by atoms with Gasteiger partial charge in [0, 0.05) is 30.9 Å². The van der Waals surface area contributed by atoms with Crippen LogP contribution in [-0.4, -0.2) is 41.2 Å². The number of nitrogens with zero attached hydrogens (tertiary/aromatic N) is 4. The summed E-state index contributed by atoms with van der Waals surface area (Å²) in [5, 5.41) is 14.1. The van der Waals surface area contributed by atoms with Gasteiger partial charge >= 0.3 is 0 Å². The van der Waals surface area contributed by atoms with Crippen LogP contribution < -0.4 is 10.2 Å². The van der Waals surface area contributed by atoms with Crippen LogP contribution >= 0.6 is 11.6 Å². The predicted octanol–water partition coefficient (Wildman–Crippen LogP) is 2.62. The molecule has 1 N–H and O–H groups in total. The molecular weight excluding hydrogens is 322 g/mol. The van der Waals surface area contributed by atoms with Crippen molar-refractivity contribution in [3.8, 4) is 0 Å². The Morgan fingerprint density at radius 1 is 1.35 bits per heavy atom. The molecule has 0 unspecified atom stereocenters. The first-order valence-electron chi connectivity index (χ1n) is 7.00. The first kappa shape index (κ1) is 15.4. The van der Waals surface area contributed by atoms with E-state index in [4.69, 9.17) is 16.3 Å². The molecule has 2 heterocycles. The molecule has 0 saturated carbocycles. The third-order valence-electron chi connectivity index (χ3n) is 3.41. The molecule has 2 aromatic rings. The predicted molar refractivity (Wildman–Crippen MR) is 86.5 cm³/mol. The third kappa shape index (κ3) is 3.66. The van der Waals surface area contributed by atoms with Crippen molar-refractivity contribution in [3.05, 3.63) is 45.9 Å². The third-order valence-corrected chi connectivity index (χ3v) is 3.59. The Kier molecular flexibility index (Phi) is 4.54. The Balaban J connectivity index is 1.90. The minimum Gasteiger partial charge on any atom is -0.378 e. The van der Waals surface area contributed by atoms with Gasteiger partial charge < -0.3 is 15.0 Å². The number of hydrogen-bond donors (Lipinski definition) is 1. The van der Waals surface area contributed by atoms with Crippen LogP contribution in [0, 0.1) is 10.1 Å². The lowest BCUT2D eigenvalue weighted by Crippen LogP contribution is -2.36. The van der Waals surface area contributed by atoms with Gasteiger partial charge in [-0.25, -0.2) is 4.98 Å². The summed E-state index contributed by atoms with van der Waals surface area (Å²) in [6.45, 7) is 2.68. The zero-order valence-corrected chi connectivity index (χ0v) is 12.9. The van der Waals surface area contributed by atoms with Gasteiger partial charge in [0.05, 0.1) is 30.0 Å².